The highest BCUT2D eigenvalue weighted by atomic mass is 35.5. The number of carbonyl (C=O) groups excluding carboxylic acids is 3. The zero-order chi connectivity index (χ0) is 35.5. The van der Waals surface area contributed by atoms with Crippen molar-refractivity contribution in [2.75, 3.05) is 52.3 Å². The molecule has 3 amide bonds. The number of benzene rings is 1. The van der Waals surface area contributed by atoms with Gasteiger partial charge in [0.05, 0.1) is 42.2 Å². The van der Waals surface area contributed by atoms with E-state index in [0.717, 1.165) is 30.2 Å². The van der Waals surface area contributed by atoms with E-state index in [-0.39, 0.29) is 34.2 Å². The minimum absolute atomic E-state index is 0.0112. The summed E-state index contributed by atoms with van der Waals surface area (Å²) >= 11 is 6.00. The van der Waals surface area contributed by atoms with E-state index in [1.165, 1.54) is 0 Å². The van der Waals surface area contributed by atoms with Gasteiger partial charge >= 0.3 is 6.18 Å². The number of alkyl halides is 3. The number of ether oxygens (including phenoxy) is 1. The average Bonchev–Trinajstić information content (AvgIpc) is 3.59. The van der Waals surface area contributed by atoms with Crippen molar-refractivity contribution in [3.63, 3.8) is 0 Å². The molecule has 2 aromatic rings. The van der Waals surface area contributed by atoms with E-state index in [1.54, 1.807) is 11.8 Å². The number of rotatable bonds is 10. The minimum atomic E-state index is -4.59. The van der Waals surface area contributed by atoms with Crippen molar-refractivity contribution >= 4 is 35.0 Å². The highest BCUT2D eigenvalue weighted by Crippen LogP contribution is 2.50. The van der Waals surface area contributed by atoms with Crippen molar-refractivity contribution in [2.24, 2.45) is 5.41 Å². The summed E-state index contributed by atoms with van der Waals surface area (Å²) < 4.78 is 44.6. The molecule has 0 bridgehead atoms. The number of carbonyl (C=O) groups is 3. The number of anilines is 1. The molecule has 1 atom stereocenters. The Morgan fingerprint density at radius 1 is 1.20 bits per heavy atom. The van der Waals surface area contributed by atoms with Gasteiger partial charge in [0.2, 0.25) is 11.8 Å². The summed E-state index contributed by atoms with van der Waals surface area (Å²) in [5.41, 5.74) is 4.45. The number of piperidine rings is 1. The Kier molecular flexibility index (Phi) is 10.9. The van der Waals surface area contributed by atoms with Crippen LogP contribution in [0.2, 0.25) is 5.02 Å². The summed E-state index contributed by atoms with van der Waals surface area (Å²) in [4.78, 5) is 41.6. The monoisotopic (exact) mass is 708 g/mol. The second-order valence-electron chi connectivity index (χ2n) is 12.4. The van der Waals surface area contributed by atoms with Gasteiger partial charge in [0, 0.05) is 36.8 Å². The molecular weight excluding hydrogens is 669 g/mol. The molecule has 1 aliphatic carbocycles. The number of nitrogens with zero attached hydrogens (tertiary/aromatic N) is 3. The summed E-state index contributed by atoms with van der Waals surface area (Å²) in [5.74, 6) is -1.74. The second kappa shape index (κ2) is 14.8. The van der Waals surface area contributed by atoms with Crippen molar-refractivity contribution in [1.29, 1.82) is 0 Å². The Morgan fingerprint density at radius 2 is 1.94 bits per heavy atom. The van der Waals surface area contributed by atoms with Gasteiger partial charge in [-0.15, -0.1) is 0 Å². The van der Waals surface area contributed by atoms with Crippen LogP contribution in [0.25, 0.3) is 0 Å². The third-order valence-electron chi connectivity index (χ3n) is 9.35. The molecule has 1 unspecified atom stereocenters. The van der Waals surface area contributed by atoms with Crippen molar-refractivity contribution < 1.29 is 37.4 Å². The highest BCUT2D eigenvalue weighted by Gasteiger charge is 2.47. The maximum atomic E-state index is 14.0. The first-order chi connectivity index (χ1) is 23.2. The number of amides is 3. The van der Waals surface area contributed by atoms with E-state index in [2.05, 4.69) is 31.6 Å². The number of halogens is 4. The lowest BCUT2D eigenvalue weighted by Crippen LogP contribution is -2.51. The first-order valence-electron chi connectivity index (χ1n) is 15.9. The van der Waals surface area contributed by atoms with Crippen LogP contribution in [0.1, 0.15) is 53.8 Å². The van der Waals surface area contributed by atoms with Crippen LogP contribution >= 0.6 is 11.6 Å². The predicted molar refractivity (Wildman–Crippen MR) is 174 cm³/mol. The van der Waals surface area contributed by atoms with Gasteiger partial charge in [-0.05, 0) is 69.8 Å². The third kappa shape index (κ3) is 7.87. The normalized spacial score (nSPS) is 18.4. The molecule has 49 heavy (non-hydrogen) atoms. The van der Waals surface area contributed by atoms with E-state index >= 15 is 0 Å². The largest absolute Gasteiger partial charge is 0.504 e. The summed E-state index contributed by atoms with van der Waals surface area (Å²) in [6.45, 7) is 2.86. The smallest absolute Gasteiger partial charge is 0.416 e. The van der Waals surface area contributed by atoms with Gasteiger partial charge in [0.15, 0.2) is 11.4 Å². The number of likely N-dealkylation sites (tertiary alicyclic amines) is 1. The fourth-order valence-corrected chi connectivity index (χ4v) is 6.95. The number of hydrazine groups is 1. The number of aromatic amines is 1. The van der Waals surface area contributed by atoms with E-state index < -0.39 is 35.5 Å². The highest BCUT2D eigenvalue weighted by molar-refractivity contribution is 6.33. The Balaban J connectivity index is 1.33. The summed E-state index contributed by atoms with van der Waals surface area (Å²) in [7, 11) is 3.71. The maximum absolute atomic E-state index is 14.0. The Labute approximate surface area is 286 Å². The zero-order valence-electron chi connectivity index (χ0n) is 27.4. The molecule has 1 spiro atoms. The molecule has 0 radical (unpaired) electrons. The SMILES string of the molecule is CNC(C1=CCOCC1)N(C)NC1=C(C(=O)NCC(=O)Nc2ccc(C(F)(F)F)cc2Cl)C2(CC1)CCN(C(=O)c1[nH]nc(C)c1O)CC2. The molecule has 2 aliphatic heterocycles. The number of allylic oxidation sites excluding steroid dienone is 1. The van der Waals surface area contributed by atoms with Crippen LogP contribution in [0.3, 0.4) is 0 Å². The molecule has 1 saturated heterocycles. The Hall–Kier alpha value is -4.12. The standard InChI is InChI=1S/C32H40ClF3N8O5/c1-18-27(46)26(41-40-18)30(48)44-12-10-31(11-13-44)9-6-23(42-43(3)28(37-2)19-7-14-49-15-8-19)25(31)29(47)38-17-24(45)39-22-5-4-20(16-21(22)33)32(34,35)36/h4-5,7,16,28,37,42,46H,6,8-15,17H2,1-3H3,(H,38,47)(H,39,45)(H,40,41). The van der Waals surface area contributed by atoms with Gasteiger partial charge in [-0.2, -0.15) is 18.3 Å². The molecule has 6 N–H and O–H groups in total. The minimum Gasteiger partial charge on any atom is -0.504 e. The molecule has 3 aliphatic rings. The number of hydrogen-bond acceptors (Lipinski definition) is 9. The van der Waals surface area contributed by atoms with Gasteiger partial charge < -0.3 is 30.8 Å². The van der Waals surface area contributed by atoms with Crippen LogP contribution in [0.5, 0.6) is 5.75 Å². The van der Waals surface area contributed by atoms with E-state index in [1.807, 2.05) is 25.2 Å². The van der Waals surface area contributed by atoms with Crippen LogP contribution in [-0.2, 0) is 20.5 Å². The number of aromatic hydroxyl groups is 1. The molecular formula is C32H40ClF3N8O5. The number of aromatic nitrogens is 2. The molecule has 13 nitrogen and oxygen atoms in total. The third-order valence-corrected chi connectivity index (χ3v) is 9.66. The van der Waals surface area contributed by atoms with Crippen LogP contribution in [0, 0.1) is 12.3 Å². The second-order valence-corrected chi connectivity index (χ2v) is 12.8. The van der Waals surface area contributed by atoms with E-state index in [4.69, 9.17) is 16.3 Å². The van der Waals surface area contributed by atoms with Gasteiger partial charge in [0.1, 0.15) is 5.69 Å². The zero-order valence-corrected chi connectivity index (χ0v) is 28.1. The quantitative estimate of drug-likeness (QED) is 0.123. The fourth-order valence-electron chi connectivity index (χ4n) is 6.73. The van der Waals surface area contributed by atoms with Crippen LogP contribution < -0.4 is 21.4 Å². The van der Waals surface area contributed by atoms with Crippen LogP contribution in [0.15, 0.2) is 41.1 Å². The number of aryl methyl sites for hydroxylation is 1. The van der Waals surface area contributed by atoms with Crippen molar-refractivity contribution in [3.8, 4) is 5.75 Å². The predicted octanol–water partition coefficient (Wildman–Crippen LogP) is 3.45. The number of likely N-dealkylation sites (N-methyl/N-ethyl adjacent to an activating group) is 2. The Morgan fingerprint density at radius 3 is 2.53 bits per heavy atom. The fraction of sp³-hybridized carbons (Fsp3) is 0.500. The molecule has 266 valence electrons. The lowest BCUT2D eigenvalue weighted by Gasteiger charge is -2.40. The number of hydrogen-bond donors (Lipinski definition) is 6. The van der Waals surface area contributed by atoms with Gasteiger partial charge in [-0.25, -0.2) is 5.01 Å². The Bertz CT molecular complexity index is 1650. The average molecular weight is 709 g/mol. The molecule has 1 aromatic heterocycles. The summed E-state index contributed by atoms with van der Waals surface area (Å²) in [5, 5.41) is 26.8. The van der Waals surface area contributed by atoms with Crippen LogP contribution in [0.4, 0.5) is 18.9 Å². The van der Waals surface area contributed by atoms with E-state index in [9.17, 15) is 32.7 Å². The molecule has 3 heterocycles. The van der Waals surface area contributed by atoms with Gasteiger partial charge in [-0.3, -0.25) is 24.8 Å². The topological polar surface area (TPSA) is 164 Å². The van der Waals surface area contributed by atoms with E-state index in [0.29, 0.717) is 69.0 Å². The van der Waals surface area contributed by atoms with Crippen molar-refractivity contribution in [2.45, 2.75) is 51.4 Å². The number of nitrogens with one attached hydrogen (secondary N) is 5. The van der Waals surface area contributed by atoms with Crippen molar-refractivity contribution in [3.05, 3.63) is 63.1 Å². The summed E-state index contributed by atoms with van der Waals surface area (Å²) in [6, 6.07) is 2.59. The number of H-pyrrole nitrogens is 1. The molecule has 1 aromatic carbocycles. The van der Waals surface area contributed by atoms with Gasteiger partial charge in [-0.1, -0.05) is 17.7 Å². The molecule has 1 fully saturated rings. The summed E-state index contributed by atoms with van der Waals surface area (Å²) in [6.07, 6.45) is 0.0369. The van der Waals surface area contributed by atoms with Gasteiger partial charge in [0.25, 0.3) is 5.91 Å². The molecule has 0 saturated carbocycles. The molecule has 5 rings (SSSR count). The molecule has 17 heteroatoms. The lowest BCUT2D eigenvalue weighted by molar-refractivity contribution is -0.137. The first kappa shape index (κ1) is 36.2. The van der Waals surface area contributed by atoms with Crippen molar-refractivity contribution in [1.82, 2.24) is 36.2 Å². The first-order valence-corrected chi connectivity index (χ1v) is 16.3. The lowest BCUT2D eigenvalue weighted by atomic mass is 9.72. The maximum Gasteiger partial charge on any atom is 0.416 e. The van der Waals surface area contributed by atoms with Crippen LogP contribution in [-0.4, -0.2) is 96.0 Å².